The van der Waals surface area contributed by atoms with Crippen molar-refractivity contribution in [3.05, 3.63) is 77.4 Å². The lowest BCUT2D eigenvalue weighted by Crippen LogP contribution is -2.37. The number of aryl methyl sites for hydroxylation is 1. The molecule has 2 aliphatic rings. The maximum atomic E-state index is 5.91. The Morgan fingerprint density at radius 3 is 2.67 bits per heavy atom. The Labute approximate surface area is 219 Å². The minimum Gasteiger partial charge on any atom is -0.497 e. The van der Waals surface area contributed by atoms with Gasteiger partial charge in [0.1, 0.15) is 5.75 Å². The van der Waals surface area contributed by atoms with E-state index in [9.17, 15) is 0 Å². The molecule has 2 saturated heterocycles. The molecule has 2 fully saturated rings. The second kappa shape index (κ2) is 11.0. The summed E-state index contributed by atoms with van der Waals surface area (Å²) in [5, 5.41) is 4.27. The largest absolute Gasteiger partial charge is 0.497 e. The SMILES string of the molecule is COc1cccc(N2C(=S)N[C@@H](c3ccccn3)[C@H]2c2cc(C)n(CCCN3CCOCC3)c2C)c1. The van der Waals surface area contributed by atoms with Crippen molar-refractivity contribution in [3.63, 3.8) is 0 Å². The summed E-state index contributed by atoms with van der Waals surface area (Å²) in [7, 11) is 1.69. The highest BCUT2D eigenvalue weighted by atomic mass is 32.1. The van der Waals surface area contributed by atoms with E-state index in [4.69, 9.17) is 26.7 Å². The van der Waals surface area contributed by atoms with E-state index in [1.54, 1.807) is 7.11 Å². The van der Waals surface area contributed by atoms with Crippen molar-refractivity contribution in [3.8, 4) is 5.75 Å². The Balaban J connectivity index is 1.48. The first-order valence-corrected chi connectivity index (χ1v) is 13.1. The van der Waals surface area contributed by atoms with Crippen molar-refractivity contribution in [1.29, 1.82) is 0 Å². The van der Waals surface area contributed by atoms with E-state index in [2.05, 4.69) is 51.7 Å². The standard InChI is InChI=1S/C28H35N5O2S/c1-20-18-24(21(2)32(20)13-7-12-31-14-16-35-17-15-31)27-26(25-10-4-5-11-29-25)30-28(36)33(27)22-8-6-9-23(19-22)34-3/h4-6,8-11,18-19,26-27H,7,12-17H2,1-3H3,(H,30,36)/t26-,27+/m0/s1. The monoisotopic (exact) mass is 505 g/mol. The van der Waals surface area contributed by atoms with E-state index in [1.807, 2.05) is 36.5 Å². The van der Waals surface area contributed by atoms with Crippen LogP contribution < -0.4 is 15.0 Å². The third-order valence-corrected chi connectivity index (χ3v) is 7.64. The van der Waals surface area contributed by atoms with Gasteiger partial charge in [-0.25, -0.2) is 0 Å². The first kappa shape index (κ1) is 24.7. The molecule has 0 radical (unpaired) electrons. The lowest BCUT2D eigenvalue weighted by Gasteiger charge is -2.28. The lowest BCUT2D eigenvalue weighted by molar-refractivity contribution is 0.0369. The lowest BCUT2D eigenvalue weighted by atomic mass is 9.96. The summed E-state index contributed by atoms with van der Waals surface area (Å²) in [5.41, 5.74) is 5.80. The van der Waals surface area contributed by atoms with Crippen LogP contribution in [0.4, 0.5) is 5.69 Å². The molecule has 190 valence electrons. The number of hydrogen-bond acceptors (Lipinski definition) is 5. The van der Waals surface area contributed by atoms with Crippen molar-refractivity contribution in [2.45, 2.75) is 38.9 Å². The average Bonchev–Trinajstić information content (AvgIpc) is 3.40. The minimum absolute atomic E-state index is 0.0290. The number of aromatic nitrogens is 2. The Kier molecular flexibility index (Phi) is 7.55. The number of benzene rings is 1. The van der Waals surface area contributed by atoms with Gasteiger partial charge in [-0.15, -0.1) is 0 Å². The fraction of sp³-hybridized carbons (Fsp3) is 0.429. The number of nitrogens with one attached hydrogen (secondary N) is 1. The smallest absolute Gasteiger partial charge is 0.174 e. The summed E-state index contributed by atoms with van der Waals surface area (Å²) in [6.45, 7) is 10.3. The molecule has 0 bridgehead atoms. The number of thiocarbonyl (C=S) groups is 1. The number of rotatable bonds is 8. The Hall–Kier alpha value is -2.94. The zero-order chi connectivity index (χ0) is 25.1. The zero-order valence-electron chi connectivity index (χ0n) is 21.3. The highest BCUT2D eigenvalue weighted by Gasteiger charge is 2.42. The molecule has 2 aromatic heterocycles. The maximum Gasteiger partial charge on any atom is 0.174 e. The van der Waals surface area contributed by atoms with Gasteiger partial charge in [0.15, 0.2) is 5.11 Å². The number of hydrogen-bond donors (Lipinski definition) is 1. The topological polar surface area (TPSA) is 54.8 Å². The second-order valence-corrected chi connectivity index (χ2v) is 9.87. The van der Waals surface area contributed by atoms with Gasteiger partial charge in [0.25, 0.3) is 0 Å². The van der Waals surface area contributed by atoms with Gasteiger partial charge in [-0.3, -0.25) is 9.88 Å². The third kappa shape index (κ3) is 4.98. The minimum atomic E-state index is -0.0628. The van der Waals surface area contributed by atoms with Crippen LogP contribution in [0.3, 0.4) is 0 Å². The van der Waals surface area contributed by atoms with Crippen LogP contribution in [0.5, 0.6) is 5.75 Å². The fourth-order valence-electron chi connectivity index (χ4n) is 5.46. The van der Waals surface area contributed by atoms with Crippen LogP contribution in [-0.2, 0) is 11.3 Å². The summed E-state index contributed by atoms with van der Waals surface area (Å²) in [4.78, 5) is 9.42. The van der Waals surface area contributed by atoms with Crippen molar-refractivity contribution in [2.24, 2.45) is 0 Å². The molecule has 0 saturated carbocycles. The van der Waals surface area contributed by atoms with E-state index in [1.165, 1.54) is 17.0 Å². The molecular formula is C28H35N5O2S. The van der Waals surface area contributed by atoms with Gasteiger partial charge in [-0.2, -0.15) is 0 Å². The van der Waals surface area contributed by atoms with Gasteiger partial charge in [-0.1, -0.05) is 12.1 Å². The normalized spacial score (nSPS) is 20.5. The van der Waals surface area contributed by atoms with Crippen LogP contribution in [-0.4, -0.2) is 59.5 Å². The predicted molar refractivity (Wildman–Crippen MR) is 147 cm³/mol. The number of methoxy groups -OCH3 is 1. The Morgan fingerprint density at radius 2 is 1.92 bits per heavy atom. The summed E-state index contributed by atoms with van der Waals surface area (Å²) in [6.07, 6.45) is 2.96. The fourth-order valence-corrected chi connectivity index (χ4v) is 5.80. The van der Waals surface area contributed by atoms with E-state index in [0.29, 0.717) is 5.11 Å². The first-order valence-electron chi connectivity index (χ1n) is 12.7. The van der Waals surface area contributed by atoms with Gasteiger partial charge < -0.3 is 24.3 Å². The molecule has 2 aliphatic heterocycles. The molecule has 36 heavy (non-hydrogen) atoms. The molecular weight excluding hydrogens is 470 g/mol. The van der Waals surface area contributed by atoms with E-state index in [0.717, 1.165) is 62.9 Å². The number of ether oxygens (including phenoxy) is 2. The summed E-state index contributed by atoms with van der Waals surface area (Å²) in [6, 6.07) is 16.4. The quantitative estimate of drug-likeness (QED) is 0.455. The van der Waals surface area contributed by atoms with Crippen LogP contribution >= 0.6 is 12.2 Å². The summed E-state index contributed by atoms with van der Waals surface area (Å²) < 4.78 is 13.5. The highest BCUT2D eigenvalue weighted by molar-refractivity contribution is 7.80. The number of nitrogens with zero attached hydrogens (tertiary/aromatic N) is 4. The number of anilines is 1. The Bertz CT molecular complexity index is 1190. The third-order valence-electron chi connectivity index (χ3n) is 7.32. The molecule has 0 amide bonds. The second-order valence-electron chi connectivity index (χ2n) is 9.48. The van der Waals surface area contributed by atoms with Crippen LogP contribution in [0.15, 0.2) is 54.7 Å². The van der Waals surface area contributed by atoms with Crippen molar-refractivity contribution in [2.75, 3.05) is 44.9 Å². The van der Waals surface area contributed by atoms with Gasteiger partial charge in [0.05, 0.1) is 38.1 Å². The van der Waals surface area contributed by atoms with E-state index in [-0.39, 0.29) is 12.1 Å². The van der Waals surface area contributed by atoms with Crippen LogP contribution in [0.25, 0.3) is 0 Å². The molecule has 0 spiro atoms. The van der Waals surface area contributed by atoms with Crippen LogP contribution in [0.2, 0.25) is 0 Å². The molecule has 4 heterocycles. The Morgan fingerprint density at radius 1 is 1.08 bits per heavy atom. The molecule has 0 unspecified atom stereocenters. The van der Waals surface area contributed by atoms with Crippen molar-refractivity contribution < 1.29 is 9.47 Å². The van der Waals surface area contributed by atoms with Gasteiger partial charge in [-0.05, 0) is 68.4 Å². The molecule has 8 heteroatoms. The van der Waals surface area contributed by atoms with Crippen molar-refractivity contribution in [1.82, 2.24) is 19.8 Å². The molecule has 0 aliphatic carbocycles. The predicted octanol–water partition coefficient (Wildman–Crippen LogP) is 4.41. The average molecular weight is 506 g/mol. The maximum absolute atomic E-state index is 5.91. The number of pyridine rings is 1. The first-order chi connectivity index (χ1) is 17.6. The molecule has 5 rings (SSSR count). The van der Waals surface area contributed by atoms with Gasteiger partial charge >= 0.3 is 0 Å². The van der Waals surface area contributed by atoms with Gasteiger partial charge in [0.2, 0.25) is 0 Å². The van der Waals surface area contributed by atoms with Gasteiger partial charge in [0, 0.05) is 55.5 Å². The van der Waals surface area contributed by atoms with Crippen molar-refractivity contribution >= 4 is 23.0 Å². The molecule has 1 aromatic carbocycles. The van der Waals surface area contributed by atoms with Crippen LogP contribution in [0.1, 0.15) is 41.1 Å². The molecule has 3 aromatic rings. The molecule has 2 atom stereocenters. The summed E-state index contributed by atoms with van der Waals surface area (Å²) in [5.74, 6) is 0.809. The molecule has 7 nitrogen and oxygen atoms in total. The van der Waals surface area contributed by atoms with E-state index >= 15 is 0 Å². The van der Waals surface area contributed by atoms with Crippen LogP contribution in [0, 0.1) is 13.8 Å². The highest BCUT2D eigenvalue weighted by Crippen LogP contribution is 2.43. The zero-order valence-corrected chi connectivity index (χ0v) is 22.1. The molecule has 1 N–H and O–H groups in total. The summed E-state index contributed by atoms with van der Waals surface area (Å²) >= 11 is 5.91. The van der Waals surface area contributed by atoms with E-state index < -0.39 is 0 Å². The number of morpholine rings is 1.